The third-order valence-corrected chi connectivity index (χ3v) is 4.15. The number of nitrogens with zero attached hydrogens (tertiary/aromatic N) is 4. The molecule has 0 aromatic carbocycles. The molecule has 0 radical (unpaired) electrons. The molecule has 2 rings (SSSR count). The van der Waals surface area contributed by atoms with Crippen LogP contribution in [-0.4, -0.2) is 59.5 Å². The van der Waals surface area contributed by atoms with Crippen molar-refractivity contribution in [3.05, 3.63) is 16.9 Å². The molecule has 1 aliphatic rings. The van der Waals surface area contributed by atoms with E-state index in [0.717, 1.165) is 43.0 Å². The summed E-state index contributed by atoms with van der Waals surface area (Å²) in [6.45, 7) is 7.62. The van der Waals surface area contributed by atoms with Gasteiger partial charge in [-0.05, 0) is 29.3 Å². The summed E-state index contributed by atoms with van der Waals surface area (Å²) in [6.07, 6.45) is 4.52. The Morgan fingerprint density at radius 3 is 2.52 bits per heavy atom. The Labute approximate surface area is 134 Å². The Bertz CT molecular complexity index is 459. The van der Waals surface area contributed by atoms with Crippen LogP contribution in [0.25, 0.3) is 0 Å². The molecule has 21 heavy (non-hydrogen) atoms. The smallest absolute Gasteiger partial charge is 0.236 e. The van der Waals surface area contributed by atoms with Gasteiger partial charge in [-0.2, -0.15) is 0 Å². The number of halogens is 1. The maximum Gasteiger partial charge on any atom is 0.236 e. The lowest BCUT2D eigenvalue weighted by Gasteiger charge is -2.35. The zero-order chi connectivity index (χ0) is 15.2. The fourth-order valence-electron chi connectivity index (χ4n) is 2.14. The summed E-state index contributed by atoms with van der Waals surface area (Å²) in [4.78, 5) is 24.7. The van der Waals surface area contributed by atoms with Crippen molar-refractivity contribution in [1.29, 1.82) is 0 Å². The van der Waals surface area contributed by atoms with Crippen LogP contribution >= 0.6 is 15.9 Å². The van der Waals surface area contributed by atoms with E-state index < -0.39 is 0 Å². The van der Waals surface area contributed by atoms with Gasteiger partial charge in [-0.3, -0.25) is 4.79 Å². The Kier molecular flexibility index (Phi) is 5.93. The second kappa shape index (κ2) is 7.70. The van der Waals surface area contributed by atoms with Crippen molar-refractivity contribution < 1.29 is 4.79 Å². The van der Waals surface area contributed by atoms with Crippen LogP contribution in [0.15, 0.2) is 16.9 Å². The van der Waals surface area contributed by atoms with E-state index in [4.69, 9.17) is 0 Å². The number of carbonyl (C=O) groups is 1. The highest BCUT2D eigenvalue weighted by atomic mass is 79.9. The largest absolute Gasteiger partial charge is 0.338 e. The van der Waals surface area contributed by atoms with Crippen molar-refractivity contribution >= 4 is 27.8 Å². The fraction of sp³-hybridized carbons (Fsp3) is 0.643. The molecule has 1 N–H and O–H groups in total. The SMILES string of the molecule is CCC(C)NCC(=O)N1CCN(c2ncc(Br)cn2)CC1. The van der Waals surface area contributed by atoms with Crippen LogP contribution in [0.3, 0.4) is 0 Å². The number of nitrogens with one attached hydrogen (secondary N) is 1. The quantitative estimate of drug-likeness (QED) is 0.861. The summed E-state index contributed by atoms with van der Waals surface area (Å²) in [7, 11) is 0. The first-order chi connectivity index (χ1) is 10.1. The Morgan fingerprint density at radius 1 is 1.33 bits per heavy atom. The third kappa shape index (κ3) is 4.64. The van der Waals surface area contributed by atoms with Crippen molar-refractivity contribution in [3.8, 4) is 0 Å². The van der Waals surface area contributed by atoms with Gasteiger partial charge in [0.2, 0.25) is 11.9 Å². The lowest BCUT2D eigenvalue weighted by Crippen LogP contribution is -2.51. The van der Waals surface area contributed by atoms with Gasteiger partial charge in [0, 0.05) is 44.6 Å². The second-order valence-corrected chi connectivity index (χ2v) is 6.17. The van der Waals surface area contributed by atoms with Crippen LogP contribution < -0.4 is 10.2 Å². The zero-order valence-corrected chi connectivity index (χ0v) is 14.1. The number of hydrogen-bond donors (Lipinski definition) is 1. The third-order valence-electron chi connectivity index (χ3n) is 3.74. The molecule has 1 saturated heterocycles. The molecule has 116 valence electrons. The first-order valence-electron chi connectivity index (χ1n) is 7.33. The predicted octanol–water partition coefficient (Wildman–Crippen LogP) is 1.28. The molecule has 1 aromatic heterocycles. The van der Waals surface area contributed by atoms with Crippen LogP contribution in [0, 0.1) is 0 Å². The summed E-state index contributed by atoms with van der Waals surface area (Å²) in [5, 5.41) is 3.24. The van der Waals surface area contributed by atoms with Gasteiger partial charge >= 0.3 is 0 Å². The topological polar surface area (TPSA) is 61.4 Å². The van der Waals surface area contributed by atoms with Crippen LogP contribution in [0.5, 0.6) is 0 Å². The summed E-state index contributed by atoms with van der Waals surface area (Å²) in [5.41, 5.74) is 0. The molecule has 0 aliphatic carbocycles. The number of amides is 1. The molecular formula is C14H22BrN5O. The highest BCUT2D eigenvalue weighted by Crippen LogP contribution is 2.13. The van der Waals surface area contributed by atoms with Gasteiger partial charge < -0.3 is 15.1 Å². The standard InChI is InChI=1S/C14H22BrN5O/c1-3-11(2)16-10-13(21)19-4-6-20(7-5-19)14-17-8-12(15)9-18-14/h8-9,11,16H,3-7,10H2,1-2H3. The summed E-state index contributed by atoms with van der Waals surface area (Å²) < 4.78 is 0.871. The number of piperazine rings is 1. The molecule has 1 atom stereocenters. The minimum absolute atomic E-state index is 0.173. The van der Waals surface area contributed by atoms with E-state index in [-0.39, 0.29) is 5.91 Å². The van der Waals surface area contributed by atoms with E-state index >= 15 is 0 Å². The Hall–Kier alpha value is -1.21. The normalized spacial score (nSPS) is 16.9. The van der Waals surface area contributed by atoms with Crippen molar-refractivity contribution in [2.24, 2.45) is 0 Å². The van der Waals surface area contributed by atoms with E-state index in [1.165, 1.54) is 0 Å². The van der Waals surface area contributed by atoms with Crippen LogP contribution in [0.2, 0.25) is 0 Å². The molecule has 7 heteroatoms. The molecule has 1 fully saturated rings. The molecule has 1 aliphatic heterocycles. The van der Waals surface area contributed by atoms with Crippen molar-refractivity contribution in [2.75, 3.05) is 37.6 Å². The van der Waals surface area contributed by atoms with Crippen LogP contribution in [0.1, 0.15) is 20.3 Å². The van der Waals surface area contributed by atoms with Gasteiger partial charge in [-0.15, -0.1) is 0 Å². The highest BCUT2D eigenvalue weighted by Gasteiger charge is 2.22. The second-order valence-electron chi connectivity index (χ2n) is 5.26. The highest BCUT2D eigenvalue weighted by molar-refractivity contribution is 9.10. The molecular weight excluding hydrogens is 334 g/mol. The molecule has 1 aromatic rings. The zero-order valence-electron chi connectivity index (χ0n) is 12.5. The van der Waals surface area contributed by atoms with Gasteiger partial charge in [-0.25, -0.2) is 9.97 Å². The number of anilines is 1. The van der Waals surface area contributed by atoms with Crippen LogP contribution in [0.4, 0.5) is 5.95 Å². The minimum Gasteiger partial charge on any atom is -0.338 e. The van der Waals surface area contributed by atoms with E-state index in [1.807, 2.05) is 4.90 Å². The van der Waals surface area contributed by atoms with E-state index in [9.17, 15) is 4.79 Å². The van der Waals surface area contributed by atoms with Crippen LogP contribution in [-0.2, 0) is 4.79 Å². The molecule has 2 heterocycles. The average Bonchev–Trinajstić information content (AvgIpc) is 2.53. The number of hydrogen-bond acceptors (Lipinski definition) is 5. The summed E-state index contributed by atoms with van der Waals surface area (Å²) >= 11 is 3.33. The van der Waals surface area contributed by atoms with Crippen molar-refractivity contribution in [2.45, 2.75) is 26.3 Å². The van der Waals surface area contributed by atoms with E-state index in [1.54, 1.807) is 12.4 Å². The lowest BCUT2D eigenvalue weighted by molar-refractivity contribution is -0.130. The lowest BCUT2D eigenvalue weighted by atomic mass is 10.2. The van der Waals surface area contributed by atoms with Crippen molar-refractivity contribution in [3.63, 3.8) is 0 Å². The van der Waals surface area contributed by atoms with Crippen molar-refractivity contribution in [1.82, 2.24) is 20.2 Å². The van der Waals surface area contributed by atoms with Gasteiger partial charge in [0.25, 0.3) is 0 Å². The number of rotatable bonds is 5. The maximum absolute atomic E-state index is 12.1. The molecule has 0 spiro atoms. The van der Waals surface area contributed by atoms with Gasteiger partial charge in [0.1, 0.15) is 0 Å². The monoisotopic (exact) mass is 355 g/mol. The average molecular weight is 356 g/mol. The predicted molar refractivity (Wildman–Crippen MR) is 86.3 cm³/mol. The number of aromatic nitrogens is 2. The van der Waals surface area contributed by atoms with Gasteiger partial charge in [-0.1, -0.05) is 6.92 Å². The molecule has 6 nitrogen and oxygen atoms in total. The summed E-state index contributed by atoms with van der Waals surface area (Å²) in [6, 6.07) is 0.381. The molecule has 1 amide bonds. The fourth-order valence-corrected chi connectivity index (χ4v) is 2.35. The molecule has 1 unspecified atom stereocenters. The minimum atomic E-state index is 0.173. The summed E-state index contributed by atoms with van der Waals surface area (Å²) in [5.74, 6) is 0.898. The molecule has 0 saturated carbocycles. The first-order valence-corrected chi connectivity index (χ1v) is 8.13. The number of carbonyl (C=O) groups excluding carboxylic acids is 1. The Balaban J connectivity index is 1.80. The first kappa shape index (κ1) is 16.2. The van der Waals surface area contributed by atoms with Gasteiger partial charge in [0.05, 0.1) is 11.0 Å². The maximum atomic E-state index is 12.1. The van der Waals surface area contributed by atoms with E-state index in [0.29, 0.717) is 12.6 Å². The Morgan fingerprint density at radius 2 is 1.95 bits per heavy atom. The molecule has 0 bridgehead atoms. The van der Waals surface area contributed by atoms with Gasteiger partial charge in [0.15, 0.2) is 0 Å². The van der Waals surface area contributed by atoms with E-state index in [2.05, 4.69) is 50.0 Å².